The lowest BCUT2D eigenvalue weighted by molar-refractivity contribution is -0.113. The number of tetrazole rings is 1. The molecule has 168 valence electrons. The van der Waals surface area contributed by atoms with Gasteiger partial charge in [0.05, 0.1) is 17.9 Å². The average Bonchev–Trinajstić information content (AvgIpc) is 3.55. The summed E-state index contributed by atoms with van der Waals surface area (Å²) < 4.78 is 3.70. The van der Waals surface area contributed by atoms with Gasteiger partial charge in [-0.1, -0.05) is 48.2 Å². The number of hydrogen-bond acceptors (Lipinski definition) is 7. The number of thioether (sulfide) groups is 1. The maximum Gasteiger partial charge on any atom is 0.235 e. The smallest absolute Gasteiger partial charge is 0.235 e. The number of aryl methyl sites for hydroxylation is 2. The lowest BCUT2D eigenvalue weighted by Crippen LogP contribution is -2.19. The third-order valence-corrected chi connectivity index (χ3v) is 7.26. The summed E-state index contributed by atoms with van der Waals surface area (Å²) in [6.45, 7) is 5.08. The summed E-state index contributed by atoms with van der Waals surface area (Å²) in [6.07, 6.45) is 0.833. The minimum absolute atomic E-state index is 0.138. The predicted molar refractivity (Wildman–Crippen MR) is 129 cm³/mol. The number of nitriles is 1. The van der Waals surface area contributed by atoms with E-state index in [9.17, 15) is 10.1 Å². The summed E-state index contributed by atoms with van der Waals surface area (Å²) in [4.78, 5) is 14.1. The van der Waals surface area contributed by atoms with Crippen molar-refractivity contribution in [2.45, 2.75) is 38.5 Å². The van der Waals surface area contributed by atoms with Crippen LogP contribution >= 0.6 is 23.1 Å². The van der Waals surface area contributed by atoms with E-state index in [1.165, 1.54) is 16.6 Å². The fraction of sp³-hybridized carbons (Fsp3) is 0.261. The Kier molecular flexibility index (Phi) is 7.22. The van der Waals surface area contributed by atoms with Crippen molar-refractivity contribution in [1.82, 2.24) is 24.8 Å². The first-order valence-electron chi connectivity index (χ1n) is 10.4. The van der Waals surface area contributed by atoms with E-state index in [0.717, 1.165) is 23.2 Å². The van der Waals surface area contributed by atoms with Crippen molar-refractivity contribution in [2.75, 3.05) is 11.1 Å². The van der Waals surface area contributed by atoms with Gasteiger partial charge in [0, 0.05) is 23.5 Å². The molecule has 0 radical (unpaired) electrons. The topological polar surface area (TPSA) is 101 Å². The number of nitrogens with one attached hydrogen (secondary N) is 1. The lowest BCUT2D eigenvalue weighted by Gasteiger charge is -2.13. The van der Waals surface area contributed by atoms with Crippen LogP contribution in [0.4, 0.5) is 5.82 Å². The Hall–Kier alpha value is -3.42. The van der Waals surface area contributed by atoms with Crippen LogP contribution in [-0.2, 0) is 24.3 Å². The molecule has 33 heavy (non-hydrogen) atoms. The number of hydrogen-bond donors (Lipinski definition) is 1. The monoisotopic (exact) mass is 477 g/mol. The van der Waals surface area contributed by atoms with Crippen molar-refractivity contribution in [1.29, 1.82) is 5.26 Å². The zero-order chi connectivity index (χ0) is 23.2. The van der Waals surface area contributed by atoms with E-state index in [4.69, 9.17) is 0 Å². The molecule has 0 atom stereocenters. The van der Waals surface area contributed by atoms with E-state index in [0.29, 0.717) is 29.6 Å². The second-order valence-electron chi connectivity index (χ2n) is 7.47. The Labute approximate surface area is 200 Å². The van der Waals surface area contributed by atoms with Crippen molar-refractivity contribution < 1.29 is 4.79 Å². The van der Waals surface area contributed by atoms with Gasteiger partial charge in [0.1, 0.15) is 11.9 Å². The van der Waals surface area contributed by atoms with Gasteiger partial charge >= 0.3 is 0 Å². The molecule has 3 aromatic heterocycles. The molecular weight excluding hydrogens is 454 g/mol. The zero-order valence-electron chi connectivity index (χ0n) is 18.4. The maximum atomic E-state index is 12.8. The van der Waals surface area contributed by atoms with Crippen molar-refractivity contribution in [3.05, 3.63) is 75.1 Å². The van der Waals surface area contributed by atoms with Crippen LogP contribution in [0.15, 0.2) is 53.0 Å². The summed E-state index contributed by atoms with van der Waals surface area (Å²) in [5.74, 6) is 0.453. The Bertz CT molecular complexity index is 1270. The van der Waals surface area contributed by atoms with Gasteiger partial charge in [-0.2, -0.15) is 5.26 Å². The average molecular weight is 478 g/mol. The first-order valence-corrected chi connectivity index (χ1v) is 12.3. The minimum Gasteiger partial charge on any atom is -0.326 e. The Morgan fingerprint density at radius 3 is 2.76 bits per heavy atom. The molecule has 0 aliphatic heterocycles. The molecule has 0 fully saturated rings. The van der Waals surface area contributed by atoms with Crippen LogP contribution in [0.3, 0.4) is 0 Å². The molecule has 4 rings (SSSR count). The molecule has 1 aromatic carbocycles. The molecule has 1 N–H and O–H groups in total. The Balaban J connectivity index is 1.44. The van der Waals surface area contributed by atoms with Crippen LogP contribution < -0.4 is 5.32 Å². The van der Waals surface area contributed by atoms with Crippen molar-refractivity contribution in [3.8, 4) is 6.07 Å². The summed E-state index contributed by atoms with van der Waals surface area (Å²) in [6, 6.07) is 16.3. The number of benzene rings is 1. The SMILES string of the molecule is Cc1c(C#N)c(NC(=O)CSc2nnnn2CCc2cccs2)n(Cc2ccccc2)c1C. The van der Waals surface area contributed by atoms with E-state index >= 15 is 0 Å². The molecule has 0 spiro atoms. The summed E-state index contributed by atoms with van der Waals surface area (Å²) in [5.41, 5.74) is 3.40. The van der Waals surface area contributed by atoms with Crippen LogP contribution in [-0.4, -0.2) is 36.4 Å². The maximum absolute atomic E-state index is 12.8. The van der Waals surface area contributed by atoms with E-state index in [1.807, 2.05) is 60.2 Å². The minimum atomic E-state index is -0.212. The number of nitrogens with zero attached hydrogens (tertiary/aromatic N) is 6. The molecule has 0 saturated carbocycles. The highest BCUT2D eigenvalue weighted by Crippen LogP contribution is 2.28. The first kappa shape index (κ1) is 22.8. The number of rotatable bonds is 9. The second kappa shape index (κ2) is 10.5. The molecule has 0 aliphatic rings. The van der Waals surface area contributed by atoms with E-state index in [1.54, 1.807) is 16.0 Å². The fourth-order valence-electron chi connectivity index (χ4n) is 3.50. The van der Waals surface area contributed by atoms with Crippen LogP contribution in [0.2, 0.25) is 0 Å². The van der Waals surface area contributed by atoms with E-state index in [-0.39, 0.29) is 11.7 Å². The van der Waals surface area contributed by atoms with Crippen molar-refractivity contribution >= 4 is 34.8 Å². The molecule has 0 unspecified atom stereocenters. The number of aromatic nitrogens is 5. The molecule has 0 saturated heterocycles. The van der Waals surface area contributed by atoms with Gasteiger partial charge in [0.25, 0.3) is 0 Å². The Morgan fingerprint density at radius 2 is 2.03 bits per heavy atom. The predicted octanol–water partition coefficient (Wildman–Crippen LogP) is 4.05. The van der Waals surface area contributed by atoms with Gasteiger partial charge in [-0.25, -0.2) is 4.68 Å². The third kappa shape index (κ3) is 5.32. The molecule has 0 bridgehead atoms. The highest BCUT2D eigenvalue weighted by molar-refractivity contribution is 7.99. The van der Waals surface area contributed by atoms with Gasteiger partial charge in [-0.3, -0.25) is 4.79 Å². The molecule has 4 aromatic rings. The van der Waals surface area contributed by atoms with E-state index in [2.05, 4.69) is 33.0 Å². The number of amides is 1. The second-order valence-corrected chi connectivity index (χ2v) is 9.44. The summed E-state index contributed by atoms with van der Waals surface area (Å²) in [5, 5.41) is 27.2. The molecule has 0 aliphatic carbocycles. The largest absolute Gasteiger partial charge is 0.326 e. The molecule has 10 heteroatoms. The molecular formula is C23H23N7OS2. The third-order valence-electron chi connectivity index (χ3n) is 5.36. The van der Waals surface area contributed by atoms with Crippen LogP contribution in [0.1, 0.15) is 27.3 Å². The normalized spacial score (nSPS) is 10.8. The quantitative estimate of drug-likeness (QED) is 0.365. The van der Waals surface area contributed by atoms with Gasteiger partial charge in [-0.15, -0.1) is 16.4 Å². The standard InChI is InChI=1S/C23H23N7OS2/c1-16-17(2)29(14-18-7-4-3-5-8-18)22(20(16)13-24)25-21(31)15-33-23-26-27-28-30(23)11-10-19-9-6-12-32-19/h3-9,12H,10-11,14-15H2,1-2H3,(H,25,31). The van der Waals surface area contributed by atoms with Gasteiger partial charge in [0.2, 0.25) is 11.1 Å². The van der Waals surface area contributed by atoms with Crippen molar-refractivity contribution in [2.24, 2.45) is 0 Å². The molecule has 3 heterocycles. The fourth-order valence-corrected chi connectivity index (χ4v) is 4.90. The van der Waals surface area contributed by atoms with Crippen LogP contribution in [0, 0.1) is 25.2 Å². The van der Waals surface area contributed by atoms with Gasteiger partial charge < -0.3 is 9.88 Å². The summed E-state index contributed by atoms with van der Waals surface area (Å²) >= 11 is 2.98. The van der Waals surface area contributed by atoms with E-state index < -0.39 is 0 Å². The molecule has 1 amide bonds. The number of carbonyl (C=O) groups excluding carboxylic acids is 1. The first-order chi connectivity index (χ1) is 16.1. The molecule has 8 nitrogen and oxygen atoms in total. The number of anilines is 1. The highest BCUT2D eigenvalue weighted by atomic mass is 32.2. The highest BCUT2D eigenvalue weighted by Gasteiger charge is 2.20. The summed E-state index contributed by atoms with van der Waals surface area (Å²) in [7, 11) is 0. The number of thiophene rings is 1. The van der Waals surface area contributed by atoms with Gasteiger partial charge in [-0.05, 0) is 46.8 Å². The Morgan fingerprint density at radius 1 is 1.21 bits per heavy atom. The van der Waals surface area contributed by atoms with Crippen LogP contribution in [0.5, 0.6) is 0 Å². The number of carbonyl (C=O) groups is 1. The van der Waals surface area contributed by atoms with Crippen molar-refractivity contribution in [3.63, 3.8) is 0 Å². The van der Waals surface area contributed by atoms with Crippen LogP contribution in [0.25, 0.3) is 0 Å². The van der Waals surface area contributed by atoms with Gasteiger partial charge in [0.15, 0.2) is 0 Å². The lowest BCUT2D eigenvalue weighted by atomic mass is 10.2. The zero-order valence-corrected chi connectivity index (χ0v) is 20.0.